The third-order valence-corrected chi connectivity index (χ3v) is 2.59. The van der Waals surface area contributed by atoms with Crippen LogP contribution in [0.3, 0.4) is 0 Å². The number of nitriles is 1. The van der Waals surface area contributed by atoms with Gasteiger partial charge < -0.3 is 10.1 Å². The van der Waals surface area contributed by atoms with Crippen molar-refractivity contribution in [2.24, 2.45) is 5.92 Å². The summed E-state index contributed by atoms with van der Waals surface area (Å²) in [7, 11) is 0. The van der Waals surface area contributed by atoms with E-state index in [1.54, 1.807) is 18.2 Å². The average Bonchev–Trinajstić information content (AvgIpc) is 3.10. The average molecular weight is 230 g/mol. The number of carbonyl (C=O) groups is 1. The first kappa shape index (κ1) is 11.5. The van der Waals surface area contributed by atoms with Crippen molar-refractivity contribution in [3.63, 3.8) is 0 Å². The molecule has 17 heavy (non-hydrogen) atoms. The summed E-state index contributed by atoms with van der Waals surface area (Å²) in [4.78, 5) is 11.6. The Bertz CT molecular complexity index is 447. The summed E-state index contributed by atoms with van der Waals surface area (Å²) in [5.74, 6) is 1.22. The van der Waals surface area contributed by atoms with Gasteiger partial charge in [0.25, 0.3) is 0 Å². The van der Waals surface area contributed by atoms with Crippen molar-refractivity contribution >= 4 is 11.6 Å². The van der Waals surface area contributed by atoms with E-state index in [0.29, 0.717) is 23.8 Å². The van der Waals surface area contributed by atoms with Crippen molar-refractivity contribution in [3.8, 4) is 11.8 Å². The highest BCUT2D eigenvalue weighted by atomic mass is 16.5. The minimum atomic E-state index is 0.0134. The number of ether oxygens (including phenoxy) is 1. The summed E-state index contributed by atoms with van der Waals surface area (Å²) in [6.07, 6.45) is 2.93. The standard InChI is InChI=1S/C13H14N2O2/c14-6-7-17-12-3-1-2-11(9-12)15-13(16)8-10-4-5-10/h1-3,9-10H,4-5,7-8H2,(H,15,16). The van der Waals surface area contributed by atoms with Gasteiger partial charge in [-0.05, 0) is 30.9 Å². The maximum atomic E-state index is 11.6. The Morgan fingerprint density at radius 3 is 3.06 bits per heavy atom. The lowest BCUT2D eigenvalue weighted by Gasteiger charge is -2.07. The Balaban J connectivity index is 1.90. The lowest BCUT2D eigenvalue weighted by molar-refractivity contribution is -0.116. The number of carbonyl (C=O) groups excluding carboxylic acids is 1. The zero-order valence-corrected chi connectivity index (χ0v) is 9.48. The van der Waals surface area contributed by atoms with Crippen LogP contribution in [0.1, 0.15) is 19.3 Å². The van der Waals surface area contributed by atoms with E-state index in [2.05, 4.69) is 5.32 Å². The molecule has 0 heterocycles. The highest BCUT2D eigenvalue weighted by Gasteiger charge is 2.24. The summed E-state index contributed by atoms with van der Waals surface area (Å²) < 4.78 is 5.16. The van der Waals surface area contributed by atoms with Gasteiger partial charge in [0.2, 0.25) is 5.91 Å². The van der Waals surface area contributed by atoms with Gasteiger partial charge in [-0.2, -0.15) is 5.26 Å². The molecule has 1 N–H and O–H groups in total. The van der Waals surface area contributed by atoms with E-state index in [-0.39, 0.29) is 12.5 Å². The number of hydrogen-bond acceptors (Lipinski definition) is 3. The molecule has 1 aliphatic carbocycles. The number of benzene rings is 1. The highest BCUT2D eigenvalue weighted by Crippen LogP contribution is 2.32. The van der Waals surface area contributed by atoms with E-state index in [9.17, 15) is 4.79 Å². The number of hydrogen-bond donors (Lipinski definition) is 1. The van der Waals surface area contributed by atoms with E-state index < -0.39 is 0 Å². The van der Waals surface area contributed by atoms with Gasteiger partial charge in [0.05, 0.1) is 0 Å². The van der Waals surface area contributed by atoms with Crippen LogP contribution < -0.4 is 10.1 Å². The molecule has 4 heteroatoms. The van der Waals surface area contributed by atoms with Gasteiger partial charge >= 0.3 is 0 Å². The second kappa shape index (κ2) is 5.35. The van der Waals surface area contributed by atoms with Crippen molar-refractivity contribution in [3.05, 3.63) is 24.3 Å². The van der Waals surface area contributed by atoms with Crippen molar-refractivity contribution in [2.75, 3.05) is 11.9 Å². The third kappa shape index (κ3) is 3.80. The molecule has 0 atom stereocenters. The molecule has 0 spiro atoms. The van der Waals surface area contributed by atoms with Crippen molar-refractivity contribution < 1.29 is 9.53 Å². The second-order valence-corrected chi connectivity index (χ2v) is 4.17. The molecule has 1 amide bonds. The fourth-order valence-electron chi connectivity index (χ4n) is 1.58. The zero-order valence-electron chi connectivity index (χ0n) is 9.48. The largest absolute Gasteiger partial charge is 0.479 e. The van der Waals surface area contributed by atoms with Gasteiger partial charge in [0.1, 0.15) is 11.8 Å². The Morgan fingerprint density at radius 2 is 2.35 bits per heavy atom. The molecule has 0 saturated heterocycles. The van der Waals surface area contributed by atoms with E-state index >= 15 is 0 Å². The van der Waals surface area contributed by atoms with Gasteiger partial charge in [-0.25, -0.2) is 0 Å². The maximum absolute atomic E-state index is 11.6. The quantitative estimate of drug-likeness (QED) is 0.844. The minimum absolute atomic E-state index is 0.0134. The second-order valence-electron chi connectivity index (χ2n) is 4.17. The summed E-state index contributed by atoms with van der Waals surface area (Å²) in [5, 5.41) is 11.2. The molecule has 1 aliphatic rings. The maximum Gasteiger partial charge on any atom is 0.224 e. The number of rotatable bonds is 5. The summed E-state index contributed by atoms with van der Waals surface area (Å²) in [5.41, 5.74) is 0.714. The molecule has 4 nitrogen and oxygen atoms in total. The molecule has 1 fully saturated rings. The number of amides is 1. The van der Waals surface area contributed by atoms with Gasteiger partial charge in [-0.15, -0.1) is 0 Å². The topological polar surface area (TPSA) is 62.1 Å². The number of nitrogens with zero attached hydrogens (tertiary/aromatic N) is 1. The van der Waals surface area contributed by atoms with Crippen LogP contribution in [0.4, 0.5) is 5.69 Å². The molecule has 0 bridgehead atoms. The van der Waals surface area contributed by atoms with Crippen LogP contribution in [0.2, 0.25) is 0 Å². The van der Waals surface area contributed by atoms with Gasteiger partial charge in [0.15, 0.2) is 6.61 Å². The molecular weight excluding hydrogens is 216 g/mol. The van der Waals surface area contributed by atoms with E-state index in [1.165, 1.54) is 12.8 Å². The Morgan fingerprint density at radius 1 is 1.53 bits per heavy atom. The van der Waals surface area contributed by atoms with Crippen LogP contribution in [0.15, 0.2) is 24.3 Å². The van der Waals surface area contributed by atoms with Crippen molar-refractivity contribution in [1.82, 2.24) is 0 Å². The Kier molecular flexibility index (Phi) is 3.61. The molecule has 1 aromatic carbocycles. The first-order valence-electron chi connectivity index (χ1n) is 5.67. The smallest absolute Gasteiger partial charge is 0.224 e. The molecule has 2 rings (SSSR count). The molecule has 88 valence electrons. The lowest BCUT2D eigenvalue weighted by atomic mass is 10.2. The van der Waals surface area contributed by atoms with E-state index in [4.69, 9.17) is 10.00 Å². The summed E-state index contributed by atoms with van der Waals surface area (Å²) >= 11 is 0. The van der Waals surface area contributed by atoms with Crippen LogP contribution >= 0.6 is 0 Å². The molecule has 1 saturated carbocycles. The van der Waals surface area contributed by atoms with E-state index in [0.717, 1.165) is 0 Å². The highest BCUT2D eigenvalue weighted by molar-refractivity contribution is 5.91. The fraction of sp³-hybridized carbons (Fsp3) is 0.385. The lowest BCUT2D eigenvalue weighted by Crippen LogP contribution is -2.11. The predicted molar refractivity (Wildman–Crippen MR) is 63.5 cm³/mol. The fourth-order valence-corrected chi connectivity index (χ4v) is 1.58. The first-order chi connectivity index (χ1) is 8.28. The molecule has 1 aromatic rings. The molecular formula is C13H14N2O2. The Labute approximate surface area is 100 Å². The van der Waals surface area contributed by atoms with Crippen molar-refractivity contribution in [2.45, 2.75) is 19.3 Å². The predicted octanol–water partition coefficient (Wildman–Crippen LogP) is 2.33. The van der Waals surface area contributed by atoms with Gasteiger partial charge in [-0.1, -0.05) is 6.07 Å². The minimum Gasteiger partial charge on any atom is -0.479 e. The third-order valence-electron chi connectivity index (χ3n) is 2.59. The first-order valence-corrected chi connectivity index (χ1v) is 5.67. The SMILES string of the molecule is N#CCOc1cccc(NC(=O)CC2CC2)c1. The number of nitrogens with one attached hydrogen (secondary N) is 1. The van der Waals surface area contributed by atoms with Gasteiger partial charge in [-0.3, -0.25) is 4.79 Å². The molecule has 0 unspecified atom stereocenters. The summed E-state index contributed by atoms with van der Waals surface area (Å²) in [6, 6.07) is 8.98. The zero-order chi connectivity index (χ0) is 12.1. The van der Waals surface area contributed by atoms with Gasteiger partial charge in [0, 0.05) is 18.2 Å². The molecule has 0 aromatic heterocycles. The van der Waals surface area contributed by atoms with Crippen molar-refractivity contribution in [1.29, 1.82) is 5.26 Å². The molecule has 0 aliphatic heterocycles. The monoisotopic (exact) mass is 230 g/mol. The summed E-state index contributed by atoms with van der Waals surface area (Å²) in [6.45, 7) is 0.0134. The van der Waals surface area contributed by atoms with Crippen LogP contribution in [0.5, 0.6) is 5.75 Å². The van der Waals surface area contributed by atoms with Crippen LogP contribution in [0, 0.1) is 17.2 Å². The Hall–Kier alpha value is -2.02. The number of anilines is 1. The van der Waals surface area contributed by atoms with Crippen LogP contribution in [0.25, 0.3) is 0 Å². The van der Waals surface area contributed by atoms with Crippen LogP contribution in [-0.2, 0) is 4.79 Å². The van der Waals surface area contributed by atoms with Crippen LogP contribution in [-0.4, -0.2) is 12.5 Å². The molecule has 0 radical (unpaired) electrons. The van der Waals surface area contributed by atoms with E-state index in [1.807, 2.05) is 12.1 Å². The normalized spacial score (nSPS) is 13.8.